The number of fused-ring (bicyclic) bond motifs is 1. The van der Waals surface area contributed by atoms with Crippen molar-refractivity contribution in [3.05, 3.63) is 48.0 Å². The Morgan fingerprint density at radius 1 is 1.36 bits per heavy atom. The van der Waals surface area contributed by atoms with E-state index in [0.717, 1.165) is 30.8 Å². The van der Waals surface area contributed by atoms with Gasteiger partial charge in [0.05, 0.1) is 24.8 Å². The SMILES string of the molecule is CC(C)(COCc1ccccc1)NC(=O)N[C@H]1CCCn2ncnc21. The molecule has 1 aliphatic heterocycles. The molecule has 3 rings (SSSR count). The quantitative estimate of drug-likeness (QED) is 0.844. The lowest BCUT2D eigenvalue weighted by Gasteiger charge is -2.29. The predicted octanol–water partition coefficient (Wildman–Crippen LogP) is 2.41. The maximum Gasteiger partial charge on any atom is 0.315 e. The summed E-state index contributed by atoms with van der Waals surface area (Å²) in [6.07, 6.45) is 3.39. The lowest BCUT2D eigenvalue weighted by Crippen LogP contribution is -2.52. The average molecular weight is 343 g/mol. The summed E-state index contributed by atoms with van der Waals surface area (Å²) >= 11 is 0. The van der Waals surface area contributed by atoms with Gasteiger partial charge in [-0.1, -0.05) is 30.3 Å². The molecule has 0 saturated carbocycles. The normalized spacial score (nSPS) is 17.0. The number of rotatable bonds is 6. The number of ether oxygens (including phenoxy) is 1. The number of aryl methyl sites for hydroxylation is 1. The summed E-state index contributed by atoms with van der Waals surface area (Å²) in [5.41, 5.74) is 0.644. The second kappa shape index (κ2) is 7.65. The van der Waals surface area contributed by atoms with Crippen LogP contribution < -0.4 is 10.6 Å². The Labute approximate surface area is 147 Å². The molecule has 0 spiro atoms. The molecule has 2 amide bonds. The number of hydrogen-bond donors (Lipinski definition) is 2. The largest absolute Gasteiger partial charge is 0.374 e. The number of nitrogens with one attached hydrogen (secondary N) is 2. The zero-order valence-electron chi connectivity index (χ0n) is 14.7. The molecule has 2 heterocycles. The summed E-state index contributed by atoms with van der Waals surface area (Å²) in [6, 6.07) is 9.67. The van der Waals surface area contributed by atoms with Crippen LogP contribution in [0.1, 0.15) is 44.1 Å². The van der Waals surface area contributed by atoms with Gasteiger partial charge in [-0.3, -0.25) is 0 Å². The zero-order valence-corrected chi connectivity index (χ0v) is 14.7. The summed E-state index contributed by atoms with van der Waals surface area (Å²) in [7, 11) is 0. The molecule has 0 saturated heterocycles. The molecule has 25 heavy (non-hydrogen) atoms. The lowest BCUT2D eigenvalue weighted by atomic mass is 10.1. The molecule has 0 radical (unpaired) electrons. The fourth-order valence-corrected chi connectivity index (χ4v) is 2.96. The van der Waals surface area contributed by atoms with Crippen LogP contribution in [0.4, 0.5) is 4.79 Å². The van der Waals surface area contributed by atoms with Crippen molar-refractivity contribution in [1.82, 2.24) is 25.4 Å². The Morgan fingerprint density at radius 2 is 2.16 bits per heavy atom. The van der Waals surface area contributed by atoms with Crippen LogP contribution in [-0.4, -0.2) is 32.9 Å². The summed E-state index contributed by atoms with van der Waals surface area (Å²) in [4.78, 5) is 16.6. The van der Waals surface area contributed by atoms with Gasteiger partial charge in [0, 0.05) is 6.54 Å². The molecule has 0 fully saturated rings. The van der Waals surface area contributed by atoms with Crippen LogP contribution in [0.25, 0.3) is 0 Å². The van der Waals surface area contributed by atoms with Gasteiger partial charge in [0.1, 0.15) is 12.2 Å². The summed E-state index contributed by atoms with van der Waals surface area (Å²) in [5, 5.41) is 10.1. The number of nitrogens with zero attached hydrogens (tertiary/aromatic N) is 3. The first-order valence-electron chi connectivity index (χ1n) is 8.61. The maximum absolute atomic E-state index is 12.4. The Kier molecular flexibility index (Phi) is 5.33. The number of benzene rings is 1. The first-order valence-corrected chi connectivity index (χ1v) is 8.61. The van der Waals surface area contributed by atoms with E-state index in [-0.39, 0.29) is 12.1 Å². The van der Waals surface area contributed by atoms with Crippen molar-refractivity contribution in [2.45, 2.75) is 51.4 Å². The highest BCUT2D eigenvalue weighted by molar-refractivity contribution is 5.75. The lowest BCUT2D eigenvalue weighted by molar-refractivity contribution is 0.0740. The van der Waals surface area contributed by atoms with Gasteiger partial charge in [-0.05, 0) is 32.3 Å². The van der Waals surface area contributed by atoms with Crippen LogP contribution in [0.2, 0.25) is 0 Å². The molecule has 1 aromatic heterocycles. The van der Waals surface area contributed by atoms with Crippen LogP contribution in [0.15, 0.2) is 36.7 Å². The predicted molar refractivity (Wildman–Crippen MR) is 93.8 cm³/mol. The van der Waals surface area contributed by atoms with E-state index in [9.17, 15) is 4.79 Å². The number of urea groups is 1. The summed E-state index contributed by atoms with van der Waals surface area (Å²) in [5.74, 6) is 0.819. The Bertz CT molecular complexity index is 699. The number of carbonyl (C=O) groups excluding carboxylic acids is 1. The number of carbonyl (C=O) groups is 1. The third-order valence-corrected chi connectivity index (χ3v) is 4.15. The highest BCUT2D eigenvalue weighted by Crippen LogP contribution is 2.21. The molecule has 134 valence electrons. The Hall–Kier alpha value is -2.41. The van der Waals surface area contributed by atoms with Crippen LogP contribution in [0, 0.1) is 0 Å². The fraction of sp³-hybridized carbons (Fsp3) is 0.500. The second-order valence-corrected chi connectivity index (χ2v) is 7.00. The fourth-order valence-electron chi connectivity index (χ4n) is 2.96. The molecule has 7 heteroatoms. The molecule has 0 bridgehead atoms. The van der Waals surface area contributed by atoms with Crippen molar-refractivity contribution in [3.63, 3.8) is 0 Å². The highest BCUT2D eigenvalue weighted by Gasteiger charge is 2.26. The van der Waals surface area contributed by atoms with Crippen molar-refractivity contribution in [2.24, 2.45) is 0 Å². The minimum Gasteiger partial charge on any atom is -0.374 e. The van der Waals surface area contributed by atoms with E-state index in [2.05, 4.69) is 20.7 Å². The van der Waals surface area contributed by atoms with Gasteiger partial charge in [0.2, 0.25) is 0 Å². The molecule has 0 aliphatic carbocycles. The Morgan fingerprint density at radius 3 is 2.96 bits per heavy atom. The third kappa shape index (κ3) is 4.79. The average Bonchev–Trinajstić information content (AvgIpc) is 3.05. The monoisotopic (exact) mass is 343 g/mol. The van der Waals surface area contributed by atoms with E-state index in [1.54, 1.807) is 0 Å². The first kappa shape index (κ1) is 17.4. The molecule has 2 N–H and O–H groups in total. The van der Waals surface area contributed by atoms with Crippen molar-refractivity contribution < 1.29 is 9.53 Å². The second-order valence-electron chi connectivity index (χ2n) is 7.00. The number of hydrogen-bond acceptors (Lipinski definition) is 4. The van der Waals surface area contributed by atoms with Crippen LogP contribution in [0.5, 0.6) is 0 Å². The summed E-state index contributed by atoms with van der Waals surface area (Å²) < 4.78 is 7.60. The van der Waals surface area contributed by atoms with Gasteiger partial charge in [-0.25, -0.2) is 14.5 Å². The van der Waals surface area contributed by atoms with Crippen molar-refractivity contribution in [3.8, 4) is 0 Å². The molecule has 7 nitrogen and oxygen atoms in total. The van der Waals surface area contributed by atoms with Crippen molar-refractivity contribution >= 4 is 6.03 Å². The number of amides is 2. The van der Waals surface area contributed by atoms with E-state index in [1.165, 1.54) is 6.33 Å². The van der Waals surface area contributed by atoms with Crippen LogP contribution in [-0.2, 0) is 17.9 Å². The molecule has 1 atom stereocenters. The molecule has 1 aromatic carbocycles. The number of aromatic nitrogens is 3. The van der Waals surface area contributed by atoms with Crippen molar-refractivity contribution in [2.75, 3.05) is 6.61 Å². The van der Waals surface area contributed by atoms with E-state index in [1.807, 2.05) is 48.9 Å². The van der Waals surface area contributed by atoms with Crippen molar-refractivity contribution in [1.29, 1.82) is 0 Å². The van der Waals surface area contributed by atoms with Gasteiger partial charge < -0.3 is 15.4 Å². The minimum atomic E-state index is -0.471. The first-order chi connectivity index (χ1) is 12.0. The molecule has 1 aliphatic rings. The third-order valence-electron chi connectivity index (χ3n) is 4.15. The van der Waals surface area contributed by atoms with Gasteiger partial charge in [0.25, 0.3) is 0 Å². The standard InChI is InChI=1S/C18H25N5O2/c1-18(2,12-25-11-14-7-4-3-5-8-14)22-17(24)21-15-9-6-10-23-16(15)19-13-20-23/h3-5,7-8,13,15H,6,9-12H2,1-2H3,(H2,21,22,24)/t15-/m0/s1. The summed E-state index contributed by atoms with van der Waals surface area (Å²) in [6.45, 7) is 5.70. The van der Waals surface area contributed by atoms with Gasteiger partial charge in [-0.2, -0.15) is 5.10 Å². The molecular formula is C18H25N5O2. The minimum absolute atomic E-state index is 0.0997. The molecular weight excluding hydrogens is 318 g/mol. The highest BCUT2D eigenvalue weighted by atomic mass is 16.5. The van der Waals surface area contributed by atoms with E-state index in [4.69, 9.17) is 4.74 Å². The van der Waals surface area contributed by atoms with E-state index in [0.29, 0.717) is 13.2 Å². The van der Waals surface area contributed by atoms with Gasteiger partial charge in [0.15, 0.2) is 0 Å². The van der Waals surface area contributed by atoms with E-state index >= 15 is 0 Å². The van der Waals surface area contributed by atoms with Crippen LogP contribution in [0.3, 0.4) is 0 Å². The zero-order chi connectivity index (χ0) is 17.7. The Balaban J connectivity index is 1.47. The topological polar surface area (TPSA) is 81.1 Å². The molecule has 0 unspecified atom stereocenters. The van der Waals surface area contributed by atoms with Gasteiger partial charge in [-0.15, -0.1) is 0 Å². The molecule has 2 aromatic rings. The van der Waals surface area contributed by atoms with E-state index < -0.39 is 5.54 Å². The maximum atomic E-state index is 12.4. The smallest absolute Gasteiger partial charge is 0.315 e. The van der Waals surface area contributed by atoms with Gasteiger partial charge >= 0.3 is 6.03 Å². The van der Waals surface area contributed by atoms with Crippen LogP contribution >= 0.6 is 0 Å².